The predicted octanol–water partition coefficient (Wildman–Crippen LogP) is 1.68. The number of carbonyl (C=O) groups is 2. The van der Waals surface area contributed by atoms with E-state index < -0.39 is 17.0 Å². The van der Waals surface area contributed by atoms with Crippen LogP contribution in [0.4, 0.5) is 0 Å². The number of nitrogens with one attached hydrogen (secondary N) is 1. The van der Waals surface area contributed by atoms with Gasteiger partial charge in [-0.1, -0.05) is 0 Å². The van der Waals surface area contributed by atoms with Crippen molar-refractivity contribution in [1.29, 1.82) is 0 Å². The van der Waals surface area contributed by atoms with E-state index in [1.807, 2.05) is 27.7 Å². The maximum absolute atomic E-state index is 12.5. The zero-order valence-corrected chi connectivity index (χ0v) is 50.3. The van der Waals surface area contributed by atoms with E-state index in [9.17, 15) is 14.8 Å². The molecule has 1 fully saturated rings. The Labute approximate surface area is 488 Å². The molecule has 0 aromatic rings. The fourth-order valence-electron chi connectivity index (χ4n) is 7.49. The van der Waals surface area contributed by atoms with Crippen molar-refractivity contribution < 1.29 is 119 Å². The van der Waals surface area contributed by atoms with Gasteiger partial charge in [0.15, 0.2) is 0 Å². The minimum atomic E-state index is -0.881. The average molecular weight is 1200 g/mol. The SMILES string of the molecule is CC1(C)CC(NC(=O)CCOCCOCCOCCOCCOCCOCCOCCOCCOCCOCCOCCOCCOCCOCCOCCOCCOCCOCCOCCOCCOCCC(=O)O)CC(C)(C)N1[O]. The number of hydrogen-bond acceptors (Lipinski definition) is 24. The molecular formula is C55H107N2O25. The summed E-state index contributed by atoms with van der Waals surface area (Å²) in [7, 11) is 0. The summed E-state index contributed by atoms with van der Waals surface area (Å²) in [5.74, 6) is -0.950. The number of nitrogens with zero attached hydrogens (tertiary/aromatic N) is 1. The van der Waals surface area contributed by atoms with E-state index in [4.69, 9.17) is 105 Å². The van der Waals surface area contributed by atoms with Gasteiger partial charge in [0.2, 0.25) is 5.91 Å². The van der Waals surface area contributed by atoms with Gasteiger partial charge in [-0.25, -0.2) is 0 Å². The van der Waals surface area contributed by atoms with Crippen molar-refractivity contribution in [2.45, 2.75) is 70.5 Å². The summed E-state index contributed by atoms with van der Waals surface area (Å²) in [6, 6.07) is -0.0298. The number of carbonyl (C=O) groups excluding carboxylic acids is 1. The van der Waals surface area contributed by atoms with E-state index in [2.05, 4.69) is 5.32 Å². The van der Waals surface area contributed by atoms with Crippen molar-refractivity contribution >= 4 is 11.9 Å². The first-order chi connectivity index (χ1) is 40.0. The van der Waals surface area contributed by atoms with E-state index in [-0.39, 0.29) is 31.4 Å². The molecule has 1 radical (unpaired) electrons. The first-order valence-electron chi connectivity index (χ1n) is 29.2. The van der Waals surface area contributed by atoms with Gasteiger partial charge in [0, 0.05) is 23.5 Å². The lowest BCUT2D eigenvalue weighted by Gasteiger charge is -2.50. The summed E-state index contributed by atoms with van der Waals surface area (Å²) in [5.41, 5.74) is -1.04. The highest BCUT2D eigenvalue weighted by Crippen LogP contribution is 2.37. The Morgan fingerprint density at radius 3 is 0.610 bits per heavy atom. The maximum atomic E-state index is 12.5. The summed E-state index contributed by atoms with van der Waals surface area (Å²) in [6.45, 7) is 26.6. The van der Waals surface area contributed by atoms with E-state index in [1.165, 1.54) is 0 Å². The fourth-order valence-corrected chi connectivity index (χ4v) is 7.49. The minimum absolute atomic E-state index is 0.0109. The quantitative estimate of drug-likeness (QED) is 0.0820. The second kappa shape index (κ2) is 59.4. The lowest BCUT2D eigenvalue weighted by Crippen LogP contribution is -2.62. The number of hydrogen-bond donors (Lipinski definition) is 2. The van der Waals surface area contributed by atoms with E-state index in [1.54, 1.807) is 0 Å². The third kappa shape index (κ3) is 54.7. The van der Waals surface area contributed by atoms with E-state index in [0.29, 0.717) is 284 Å². The molecule has 1 aliphatic rings. The van der Waals surface area contributed by atoms with Crippen molar-refractivity contribution in [3.05, 3.63) is 0 Å². The number of piperidine rings is 1. The molecule has 0 saturated carbocycles. The van der Waals surface area contributed by atoms with Crippen molar-refractivity contribution in [2.75, 3.05) is 277 Å². The molecule has 1 heterocycles. The van der Waals surface area contributed by atoms with Crippen LogP contribution in [0, 0.1) is 0 Å². The Morgan fingerprint density at radius 2 is 0.451 bits per heavy atom. The van der Waals surface area contributed by atoms with Crippen LogP contribution in [0.3, 0.4) is 0 Å². The van der Waals surface area contributed by atoms with Crippen molar-refractivity contribution in [3.63, 3.8) is 0 Å². The van der Waals surface area contributed by atoms with Crippen LogP contribution in [0.5, 0.6) is 0 Å². The predicted molar refractivity (Wildman–Crippen MR) is 296 cm³/mol. The van der Waals surface area contributed by atoms with Crippen LogP contribution < -0.4 is 5.32 Å². The zero-order valence-electron chi connectivity index (χ0n) is 50.3. The van der Waals surface area contributed by atoms with Gasteiger partial charge in [-0.3, -0.25) is 9.59 Å². The van der Waals surface area contributed by atoms with Crippen LogP contribution in [-0.2, 0) is 114 Å². The highest BCUT2D eigenvalue weighted by atomic mass is 16.6. The molecule has 1 saturated heterocycles. The topological polar surface area (TPSA) is 283 Å². The van der Waals surface area contributed by atoms with E-state index in [0.717, 1.165) is 5.06 Å². The van der Waals surface area contributed by atoms with Gasteiger partial charge in [-0.05, 0) is 40.5 Å². The van der Waals surface area contributed by atoms with Gasteiger partial charge in [0.05, 0.1) is 284 Å². The molecule has 82 heavy (non-hydrogen) atoms. The Balaban J connectivity index is 1.62. The summed E-state index contributed by atoms with van der Waals surface area (Å²) in [6.07, 6.45) is 1.49. The largest absolute Gasteiger partial charge is 0.481 e. The monoisotopic (exact) mass is 1200 g/mol. The minimum Gasteiger partial charge on any atom is -0.481 e. The number of carboxylic acids is 1. The van der Waals surface area contributed by atoms with Crippen molar-refractivity contribution in [1.82, 2.24) is 10.4 Å². The molecule has 0 aliphatic carbocycles. The molecule has 0 spiro atoms. The standard InChI is InChI=1S/C55H107N2O25/c1-54(2)49-51(50-55(3,4)57(54)61)56-52(58)5-7-62-9-11-64-13-15-66-17-19-68-21-23-70-25-27-72-29-31-74-33-35-76-37-39-78-41-43-80-45-47-82-48-46-81-44-42-79-40-38-77-36-34-75-32-30-73-28-26-71-24-22-69-20-18-67-16-14-65-12-10-63-8-6-53(59)60/h51H,5-50H2,1-4H3,(H,56,58)(H,59,60). The highest BCUT2D eigenvalue weighted by Gasteiger charge is 2.46. The van der Waals surface area contributed by atoms with Crippen molar-refractivity contribution in [3.8, 4) is 0 Å². The first kappa shape index (κ1) is 78.0. The third-order valence-electron chi connectivity index (χ3n) is 11.3. The summed E-state index contributed by atoms with van der Waals surface area (Å²) in [4.78, 5) is 22.8. The molecular weight excluding hydrogens is 1090 g/mol. The van der Waals surface area contributed by atoms with Gasteiger partial charge in [0.1, 0.15) is 0 Å². The van der Waals surface area contributed by atoms with E-state index >= 15 is 0 Å². The fraction of sp³-hybridized carbons (Fsp3) is 0.964. The molecule has 27 nitrogen and oxygen atoms in total. The number of aliphatic carboxylic acids is 1. The normalized spacial score (nSPS) is 14.5. The second-order valence-electron chi connectivity index (χ2n) is 19.3. The van der Waals surface area contributed by atoms with Crippen molar-refractivity contribution in [2.24, 2.45) is 0 Å². The molecule has 487 valence electrons. The Hall–Kier alpha value is -1.98. The number of hydroxylamine groups is 2. The summed E-state index contributed by atoms with van der Waals surface area (Å²) in [5, 5.41) is 25.3. The molecule has 0 bridgehead atoms. The molecule has 0 aromatic heterocycles. The average Bonchev–Trinajstić information content (AvgIpc) is 3.61. The Bertz CT molecular complexity index is 1350. The summed E-state index contributed by atoms with van der Waals surface area (Å²) >= 11 is 0. The molecule has 2 N–H and O–H groups in total. The van der Waals surface area contributed by atoms with Gasteiger partial charge in [-0.15, -0.1) is 10.3 Å². The molecule has 1 aliphatic heterocycles. The maximum Gasteiger partial charge on any atom is 0.305 e. The van der Waals surface area contributed by atoms with Crippen LogP contribution in [0.1, 0.15) is 53.4 Å². The molecule has 1 rings (SSSR count). The zero-order chi connectivity index (χ0) is 59.4. The molecule has 0 atom stereocenters. The Kier molecular flexibility index (Phi) is 56.5. The number of ether oxygens (including phenoxy) is 21. The van der Waals surface area contributed by atoms with Crippen LogP contribution in [-0.4, -0.2) is 317 Å². The van der Waals surface area contributed by atoms with Crippen LogP contribution in [0.2, 0.25) is 0 Å². The summed E-state index contributed by atoms with van der Waals surface area (Å²) < 4.78 is 115. The van der Waals surface area contributed by atoms with Gasteiger partial charge in [0.25, 0.3) is 0 Å². The molecule has 0 unspecified atom stereocenters. The molecule has 0 aromatic carbocycles. The second-order valence-corrected chi connectivity index (χ2v) is 19.3. The molecule has 27 heteroatoms. The van der Waals surface area contributed by atoms with Gasteiger partial charge >= 0.3 is 5.97 Å². The van der Waals surface area contributed by atoms with Crippen LogP contribution >= 0.6 is 0 Å². The number of amides is 1. The third-order valence-corrected chi connectivity index (χ3v) is 11.3. The molecule has 1 amide bonds. The van der Waals surface area contributed by atoms with Crippen LogP contribution in [0.25, 0.3) is 0 Å². The number of carboxylic acid groups (broad SMARTS) is 1. The first-order valence-corrected chi connectivity index (χ1v) is 29.2. The van der Waals surface area contributed by atoms with Crippen LogP contribution in [0.15, 0.2) is 0 Å². The lowest BCUT2D eigenvalue weighted by atomic mass is 9.79. The van der Waals surface area contributed by atoms with Gasteiger partial charge < -0.3 is 110 Å². The number of rotatable bonds is 67. The smallest absolute Gasteiger partial charge is 0.305 e. The highest BCUT2D eigenvalue weighted by molar-refractivity contribution is 5.76. The van der Waals surface area contributed by atoms with Gasteiger partial charge in [-0.2, -0.15) is 0 Å². The lowest BCUT2D eigenvalue weighted by molar-refractivity contribution is -0.290. The Morgan fingerprint density at radius 1 is 0.305 bits per heavy atom.